The van der Waals surface area contributed by atoms with Crippen LogP contribution < -0.4 is 10.6 Å². The summed E-state index contributed by atoms with van der Waals surface area (Å²) < 4.78 is 5.38. The lowest BCUT2D eigenvalue weighted by molar-refractivity contribution is -0.127. The molecular weight excluding hydrogens is 374 g/mol. The number of thioether (sulfide) groups is 1. The van der Waals surface area contributed by atoms with Gasteiger partial charge in [-0.25, -0.2) is 4.99 Å². The highest BCUT2D eigenvalue weighted by Gasteiger charge is 2.09. The summed E-state index contributed by atoms with van der Waals surface area (Å²) in [6.45, 7) is 6.47. The Kier molecular flexibility index (Phi) is 10.8. The van der Waals surface area contributed by atoms with Crippen LogP contribution in [0.2, 0.25) is 0 Å². The lowest BCUT2D eigenvalue weighted by atomic mass is 10.3. The van der Waals surface area contributed by atoms with E-state index in [0.717, 1.165) is 58.1 Å². The Labute approximate surface area is 172 Å². The van der Waals surface area contributed by atoms with Gasteiger partial charge in [-0.2, -0.15) is 0 Å². The number of amides is 1. The number of rotatable bonds is 10. The van der Waals surface area contributed by atoms with Gasteiger partial charge in [0.15, 0.2) is 5.96 Å². The Morgan fingerprint density at radius 1 is 1.18 bits per heavy atom. The standard InChI is InChI=1S/C20H33N5O2S/c1-24(2)19(26)17-23-20(21-9-6-11-25-12-14-27-15-13-25)22-10-16-28-18-7-4-3-5-8-18/h3-5,7-8H,6,9-17H2,1-2H3,(H2,21,22,23). The van der Waals surface area contributed by atoms with Crippen LogP contribution in [0.25, 0.3) is 0 Å². The van der Waals surface area contributed by atoms with E-state index in [0.29, 0.717) is 5.96 Å². The largest absolute Gasteiger partial charge is 0.379 e. The number of morpholine rings is 1. The van der Waals surface area contributed by atoms with E-state index in [1.54, 1.807) is 30.8 Å². The van der Waals surface area contributed by atoms with Crippen molar-refractivity contribution in [3.8, 4) is 0 Å². The number of nitrogens with one attached hydrogen (secondary N) is 2. The van der Waals surface area contributed by atoms with Gasteiger partial charge in [0.25, 0.3) is 0 Å². The van der Waals surface area contributed by atoms with E-state index in [1.165, 1.54) is 4.90 Å². The van der Waals surface area contributed by atoms with Crippen LogP contribution >= 0.6 is 11.8 Å². The first-order valence-corrected chi connectivity index (χ1v) is 10.8. The number of hydrogen-bond donors (Lipinski definition) is 2. The highest BCUT2D eigenvalue weighted by Crippen LogP contribution is 2.15. The highest BCUT2D eigenvalue weighted by molar-refractivity contribution is 7.99. The van der Waals surface area contributed by atoms with Crippen LogP contribution in [-0.4, -0.2) is 94.0 Å². The summed E-state index contributed by atoms with van der Waals surface area (Å²) in [7, 11) is 3.49. The van der Waals surface area contributed by atoms with Crippen molar-refractivity contribution in [3.05, 3.63) is 30.3 Å². The molecule has 2 rings (SSSR count). The molecule has 8 heteroatoms. The molecule has 0 bridgehead atoms. The number of carbonyl (C=O) groups is 1. The van der Waals surface area contributed by atoms with Crippen molar-refractivity contribution in [2.24, 2.45) is 4.99 Å². The third-order valence-electron chi connectivity index (χ3n) is 4.32. The molecule has 0 aromatic heterocycles. The van der Waals surface area contributed by atoms with Crippen LogP contribution in [0.5, 0.6) is 0 Å². The first-order chi connectivity index (χ1) is 13.6. The third kappa shape index (κ3) is 9.43. The van der Waals surface area contributed by atoms with Gasteiger partial charge in [-0.05, 0) is 25.1 Å². The van der Waals surface area contributed by atoms with Crippen molar-refractivity contribution < 1.29 is 9.53 Å². The SMILES string of the molecule is CN(C)C(=O)CN=C(NCCCN1CCOCC1)NCCSc1ccccc1. The molecule has 0 spiro atoms. The van der Waals surface area contributed by atoms with E-state index in [1.807, 2.05) is 18.2 Å². The molecule has 1 fully saturated rings. The molecule has 28 heavy (non-hydrogen) atoms. The Morgan fingerprint density at radius 2 is 1.89 bits per heavy atom. The Morgan fingerprint density at radius 3 is 2.61 bits per heavy atom. The highest BCUT2D eigenvalue weighted by atomic mass is 32.2. The maximum absolute atomic E-state index is 11.8. The number of carbonyl (C=O) groups excluding carboxylic acids is 1. The van der Waals surface area contributed by atoms with Gasteiger partial charge in [-0.1, -0.05) is 18.2 Å². The van der Waals surface area contributed by atoms with E-state index < -0.39 is 0 Å². The minimum atomic E-state index is -0.00641. The van der Waals surface area contributed by atoms with Crippen molar-refractivity contribution >= 4 is 23.6 Å². The fourth-order valence-electron chi connectivity index (χ4n) is 2.65. The number of hydrogen-bond acceptors (Lipinski definition) is 5. The van der Waals surface area contributed by atoms with Crippen LogP contribution in [0, 0.1) is 0 Å². The van der Waals surface area contributed by atoms with Gasteiger partial charge in [-0.15, -0.1) is 11.8 Å². The molecule has 1 aliphatic heterocycles. The molecule has 156 valence electrons. The number of aliphatic imine (C=N–C) groups is 1. The second kappa shape index (κ2) is 13.4. The number of benzene rings is 1. The fraction of sp³-hybridized carbons (Fsp3) is 0.600. The van der Waals surface area contributed by atoms with Crippen LogP contribution in [0.4, 0.5) is 0 Å². The Bertz CT molecular complexity index is 592. The van der Waals surface area contributed by atoms with Crippen molar-refractivity contribution in [2.45, 2.75) is 11.3 Å². The lowest BCUT2D eigenvalue weighted by Gasteiger charge is -2.26. The smallest absolute Gasteiger partial charge is 0.243 e. The summed E-state index contributed by atoms with van der Waals surface area (Å²) in [5, 5.41) is 6.69. The maximum Gasteiger partial charge on any atom is 0.243 e. The van der Waals surface area contributed by atoms with Crippen molar-refractivity contribution in [2.75, 3.05) is 72.3 Å². The van der Waals surface area contributed by atoms with Gasteiger partial charge < -0.3 is 20.3 Å². The summed E-state index contributed by atoms with van der Waals surface area (Å²) in [6.07, 6.45) is 1.03. The zero-order valence-electron chi connectivity index (χ0n) is 17.0. The Balaban J connectivity index is 1.71. The predicted octanol–water partition coefficient (Wildman–Crippen LogP) is 1.12. The van der Waals surface area contributed by atoms with Gasteiger partial charge >= 0.3 is 0 Å². The molecule has 0 atom stereocenters. The summed E-state index contributed by atoms with van der Waals surface area (Å²) in [5.41, 5.74) is 0. The minimum absolute atomic E-state index is 0.00641. The summed E-state index contributed by atoms with van der Waals surface area (Å²) >= 11 is 1.80. The first-order valence-electron chi connectivity index (χ1n) is 9.85. The average molecular weight is 408 g/mol. The summed E-state index contributed by atoms with van der Waals surface area (Å²) in [4.78, 5) is 21.5. The molecule has 1 saturated heterocycles. The monoisotopic (exact) mass is 407 g/mol. The zero-order valence-corrected chi connectivity index (χ0v) is 17.8. The summed E-state index contributed by atoms with van der Waals surface area (Å²) in [6, 6.07) is 10.3. The second-order valence-electron chi connectivity index (χ2n) is 6.78. The van der Waals surface area contributed by atoms with E-state index in [4.69, 9.17) is 4.74 Å². The van der Waals surface area contributed by atoms with Crippen LogP contribution in [0.3, 0.4) is 0 Å². The number of likely N-dealkylation sites (N-methyl/N-ethyl adjacent to an activating group) is 1. The molecule has 0 radical (unpaired) electrons. The van der Waals surface area contributed by atoms with Gasteiger partial charge in [0.05, 0.1) is 13.2 Å². The van der Waals surface area contributed by atoms with E-state index in [-0.39, 0.29) is 12.5 Å². The normalized spacial score (nSPS) is 15.3. The molecule has 7 nitrogen and oxygen atoms in total. The third-order valence-corrected chi connectivity index (χ3v) is 5.34. The van der Waals surface area contributed by atoms with Gasteiger partial charge in [0.1, 0.15) is 6.54 Å². The number of ether oxygens (including phenoxy) is 1. The molecule has 1 heterocycles. The zero-order chi connectivity index (χ0) is 20.0. The molecule has 2 N–H and O–H groups in total. The van der Waals surface area contributed by atoms with E-state index >= 15 is 0 Å². The lowest BCUT2D eigenvalue weighted by Crippen LogP contribution is -2.42. The first kappa shape index (κ1) is 22.5. The molecule has 0 saturated carbocycles. The molecule has 1 aromatic rings. The van der Waals surface area contributed by atoms with Crippen LogP contribution in [-0.2, 0) is 9.53 Å². The molecule has 1 aromatic carbocycles. The predicted molar refractivity (Wildman–Crippen MR) is 116 cm³/mol. The summed E-state index contributed by atoms with van der Waals surface area (Å²) in [5.74, 6) is 1.62. The molecule has 0 aliphatic carbocycles. The molecule has 1 amide bonds. The van der Waals surface area contributed by atoms with Gasteiger partial charge in [0.2, 0.25) is 5.91 Å². The minimum Gasteiger partial charge on any atom is -0.379 e. The van der Waals surface area contributed by atoms with Crippen LogP contribution in [0.15, 0.2) is 40.2 Å². The molecule has 1 aliphatic rings. The van der Waals surface area contributed by atoms with Gasteiger partial charge in [0, 0.05) is 50.9 Å². The van der Waals surface area contributed by atoms with E-state index in [2.05, 4.69) is 32.7 Å². The van der Waals surface area contributed by atoms with Gasteiger partial charge in [-0.3, -0.25) is 9.69 Å². The maximum atomic E-state index is 11.8. The van der Waals surface area contributed by atoms with Crippen molar-refractivity contribution in [1.82, 2.24) is 20.4 Å². The Hall–Kier alpha value is -1.77. The topological polar surface area (TPSA) is 69.2 Å². The molecular formula is C20H33N5O2S. The van der Waals surface area contributed by atoms with E-state index in [9.17, 15) is 4.79 Å². The number of nitrogens with zero attached hydrogens (tertiary/aromatic N) is 3. The quantitative estimate of drug-likeness (QED) is 0.262. The average Bonchev–Trinajstić information content (AvgIpc) is 2.73. The van der Waals surface area contributed by atoms with Crippen LogP contribution in [0.1, 0.15) is 6.42 Å². The second-order valence-corrected chi connectivity index (χ2v) is 7.94. The van der Waals surface area contributed by atoms with Crippen molar-refractivity contribution in [3.63, 3.8) is 0 Å². The molecule has 0 unspecified atom stereocenters. The number of guanidine groups is 1. The fourth-order valence-corrected chi connectivity index (χ4v) is 3.44. The van der Waals surface area contributed by atoms with Crippen molar-refractivity contribution in [1.29, 1.82) is 0 Å².